The molecule has 0 saturated carbocycles. The summed E-state index contributed by atoms with van der Waals surface area (Å²) >= 11 is 5.99. The quantitative estimate of drug-likeness (QED) is 0.441. The summed E-state index contributed by atoms with van der Waals surface area (Å²) in [5, 5.41) is 0.553. The molecule has 1 aliphatic heterocycles. The molecule has 1 heterocycles. The Morgan fingerprint density at radius 1 is 0.964 bits per heavy atom. The van der Waals surface area contributed by atoms with Gasteiger partial charge in [0.1, 0.15) is 12.4 Å². The van der Waals surface area contributed by atoms with E-state index in [9.17, 15) is 4.79 Å². The zero-order valence-electron chi connectivity index (χ0n) is 14.8. The molecule has 0 aromatic heterocycles. The van der Waals surface area contributed by atoms with Gasteiger partial charge in [-0.05, 0) is 47.5 Å². The molecule has 0 saturated heterocycles. The van der Waals surface area contributed by atoms with Gasteiger partial charge in [0, 0.05) is 10.6 Å². The van der Waals surface area contributed by atoms with E-state index in [4.69, 9.17) is 21.1 Å². The molecule has 0 unspecified atom stereocenters. The lowest BCUT2D eigenvalue weighted by Crippen LogP contribution is -2.05. The average Bonchev–Trinajstić information content (AvgIpc) is 3.08. The second-order valence-electron chi connectivity index (χ2n) is 6.19. The maximum atomic E-state index is 12.2. The maximum Gasteiger partial charge on any atom is 0.363 e. The van der Waals surface area contributed by atoms with E-state index in [1.807, 2.05) is 54.6 Å². The minimum Gasteiger partial charge on any atom is -0.489 e. The van der Waals surface area contributed by atoms with E-state index in [1.54, 1.807) is 30.3 Å². The summed E-state index contributed by atoms with van der Waals surface area (Å²) in [6, 6.07) is 24.4. The molecule has 1 aliphatic rings. The van der Waals surface area contributed by atoms with Crippen molar-refractivity contribution in [3.05, 3.63) is 106 Å². The summed E-state index contributed by atoms with van der Waals surface area (Å²) in [7, 11) is 0. The Kier molecular flexibility index (Phi) is 5.22. The minimum atomic E-state index is -0.495. The van der Waals surface area contributed by atoms with Crippen molar-refractivity contribution in [3.63, 3.8) is 0 Å². The molecule has 138 valence electrons. The first-order chi connectivity index (χ1) is 13.7. The minimum absolute atomic E-state index is 0.232. The summed E-state index contributed by atoms with van der Waals surface area (Å²) in [4.78, 5) is 16.5. The molecule has 3 aromatic carbocycles. The van der Waals surface area contributed by atoms with Gasteiger partial charge in [-0.2, -0.15) is 0 Å². The molecule has 4 rings (SSSR count). The van der Waals surface area contributed by atoms with Crippen LogP contribution in [-0.4, -0.2) is 11.9 Å². The second kappa shape index (κ2) is 8.11. The summed E-state index contributed by atoms with van der Waals surface area (Å²) in [5.74, 6) is 0.462. The first-order valence-corrected chi connectivity index (χ1v) is 9.10. The van der Waals surface area contributed by atoms with Crippen LogP contribution < -0.4 is 4.74 Å². The third kappa shape index (κ3) is 4.30. The van der Waals surface area contributed by atoms with Gasteiger partial charge in [-0.25, -0.2) is 9.79 Å². The number of hydrogen-bond donors (Lipinski definition) is 0. The molecule has 0 N–H and O–H groups in total. The first-order valence-electron chi connectivity index (χ1n) is 8.73. The van der Waals surface area contributed by atoms with Crippen LogP contribution in [0.25, 0.3) is 6.08 Å². The Morgan fingerprint density at radius 2 is 1.79 bits per heavy atom. The zero-order valence-corrected chi connectivity index (χ0v) is 15.6. The maximum absolute atomic E-state index is 12.2. The topological polar surface area (TPSA) is 47.9 Å². The van der Waals surface area contributed by atoms with E-state index < -0.39 is 5.97 Å². The predicted octanol–water partition coefficient (Wildman–Crippen LogP) is 5.26. The van der Waals surface area contributed by atoms with Crippen molar-refractivity contribution in [2.45, 2.75) is 6.61 Å². The number of halogens is 1. The molecule has 0 atom stereocenters. The molecule has 0 amide bonds. The average molecular weight is 390 g/mol. The van der Waals surface area contributed by atoms with Crippen LogP contribution in [-0.2, 0) is 16.1 Å². The van der Waals surface area contributed by atoms with Crippen LogP contribution in [0.5, 0.6) is 5.75 Å². The van der Waals surface area contributed by atoms with E-state index in [2.05, 4.69) is 4.99 Å². The Morgan fingerprint density at radius 3 is 2.61 bits per heavy atom. The molecule has 0 fully saturated rings. The molecule has 0 radical (unpaired) electrons. The monoisotopic (exact) mass is 389 g/mol. The van der Waals surface area contributed by atoms with Crippen LogP contribution in [0, 0.1) is 0 Å². The molecule has 28 heavy (non-hydrogen) atoms. The van der Waals surface area contributed by atoms with Crippen molar-refractivity contribution in [2.24, 2.45) is 4.99 Å². The third-order valence-corrected chi connectivity index (χ3v) is 4.34. The molecule has 0 bridgehead atoms. The van der Waals surface area contributed by atoms with Crippen molar-refractivity contribution in [2.75, 3.05) is 0 Å². The van der Waals surface area contributed by atoms with Gasteiger partial charge in [0.15, 0.2) is 5.70 Å². The van der Waals surface area contributed by atoms with E-state index in [1.165, 1.54) is 0 Å². The molecular formula is C23H16ClNO3. The molecule has 5 heteroatoms. The molecular weight excluding hydrogens is 374 g/mol. The van der Waals surface area contributed by atoms with Gasteiger partial charge in [0.05, 0.1) is 0 Å². The Labute approximate surface area is 167 Å². The van der Waals surface area contributed by atoms with Crippen LogP contribution in [0.4, 0.5) is 0 Å². The standard InChI is InChI=1S/C23H16ClNO3/c24-19-10-5-9-18(14-19)22-25-21(23(26)28-22)13-17-8-4-11-20(12-17)27-15-16-6-2-1-3-7-16/h1-14H,15H2. The van der Waals surface area contributed by atoms with Gasteiger partial charge in [-0.1, -0.05) is 60.1 Å². The Hall–Kier alpha value is -3.37. The summed E-state index contributed by atoms with van der Waals surface area (Å²) in [6.07, 6.45) is 1.68. The lowest BCUT2D eigenvalue weighted by Gasteiger charge is -2.07. The van der Waals surface area contributed by atoms with Gasteiger partial charge in [-0.3, -0.25) is 0 Å². The normalized spacial score (nSPS) is 14.7. The first kappa shape index (κ1) is 18.0. The molecule has 3 aromatic rings. The number of nitrogens with zero attached hydrogens (tertiary/aromatic N) is 1. The zero-order chi connectivity index (χ0) is 19.3. The SMILES string of the molecule is O=C1OC(c2cccc(Cl)c2)=NC1=Cc1cccc(OCc2ccccc2)c1. The van der Waals surface area contributed by atoms with Crippen LogP contribution in [0.3, 0.4) is 0 Å². The predicted molar refractivity (Wildman–Crippen MR) is 109 cm³/mol. The second-order valence-corrected chi connectivity index (χ2v) is 6.63. The Bertz CT molecular complexity index is 1070. The van der Waals surface area contributed by atoms with Crippen molar-refractivity contribution >= 4 is 29.5 Å². The van der Waals surface area contributed by atoms with Gasteiger partial charge in [0.25, 0.3) is 0 Å². The number of carbonyl (C=O) groups is 1. The molecule has 0 spiro atoms. The lowest BCUT2D eigenvalue weighted by atomic mass is 10.2. The van der Waals surface area contributed by atoms with Crippen LogP contribution >= 0.6 is 11.6 Å². The van der Waals surface area contributed by atoms with Crippen molar-refractivity contribution in [1.82, 2.24) is 0 Å². The third-order valence-electron chi connectivity index (χ3n) is 4.10. The Balaban J connectivity index is 1.52. The summed E-state index contributed by atoms with van der Waals surface area (Å²) in [6.45, 7) is 0.472. The molecule has 0 aliphatic carbocycles. The number of benzene rings is 3. The van der Waals surface area contributed by atoms with E-state index in [0.717, 1.165) is 11.1 Å². The highest BCUT2D eigenvalue weighted by atomic mass is 35.5. The van der Waals surface area contributed by atoms with E-state index in [0.29, 0.717) is 22.9 Å². The van der Waals surface area contributed by atoms with Gasteiger partial charge in [0.2, 0.25) is 5.90 Å². The largest absolute Gasteiger partial charge is 0.489 e. The lowest BCUT2D eigenvalue weighted by molar-refractivity contribution is -0.129. The number of hydrogen-bond acceptors (Lipinski definition) is 4. The summed E-state index contributed by atoms with van der Waals surface area (Å²) < 4.78 is 11.1. The van der Waals surface area contributed by atoms with Crippen LogP contribution in [0.1, 0.15) is 16.7 Å². The van der Waals surface area contributed by atoms with Gasteiger partial charge < -0.3 is 9.47 Å². The van der Waals surface area contributed by atoms with Crippen molar-refractivity contribution in [3.8, 4) is 5.75 Å². The number of ether oxygens (including phenoxy) is 2. The molecule has 4 nitrogen and oxygen atoms in total. The van der Waals surface area contributed by atoms with E-state index in [-0.39, 0.29) is 11.6 Å². The summed E-state index contributed by atoms with van der Waals surface area (Å²) in [5.41, 5.74) is 2.77. The highest BCUT2D eigenvalue weighted by molar-refractivity contribution is 6.31. The van der Waals surface area contributed by atoms with Crippen LogP contribution in [0.15, 0.2) is 89.6 Å². The number of esters is 1. The number of cyclic esters (lactones) is 1. The highest BCUT2D eigenvalue weighted by Gasteiger charge is 2.24. The van der Waals surface area contributed by atoms with E-state index >= 15 is 0 Å². The van der Waals surface area contributed by atoms with Crippen LogP contribution in [0.2, 0.25) is 5.02 Å². The number of rotatable bonds is 5. The van der Waals surface area contributed by atoms with Crippen molar-refractivity contribution in [1.29, 1.82) is 0 Å². The van der Waals surface area contributed by atoms with Gasteiger partial charge >= 0.3 is 5.97 Å². The van der Waals surface area contributed by atoms with Crippen molar-refractivity contribution < 1.29 is 14.3 Å². The van der Waals surface area contributed by atoms with Gasteiger partial charge in [-0.15, -0.1) is 0 Å². The number of aliphatic imine (C=N–C) groups is 1. The smallest absolute Gasteiger partial charge is 0.363 e. The fourth-order valence-corrected chi connectivity index (χ4v) is 2.94. The fourth-order valence-electron chi connectivity index (χ4n) is 2.75. The number of carbonyl (C=O) groups excluding carboxylic acids is 1. The fraction of sp³-hybridized carbons (Fsp3) is 0.0435. The highest BCUT2D eigenvalue weighted by Crippen LogP contribution is 2.23.